The van der Waals surface area contributed by atoms with E-state index in [4.69, 9.17) is 4.74 Å². The van der Waals surface area contributed by atoms with Gasteiger partial charge in [0.05, 0.1) is 13.2 Å². The molecule has 64 valence electrons. The van der Waals surface area contributed by atoms with Crippen LogP contribution in [0, 0.1) is 0 Å². The molecule has 2 nitrogen and oxygen atoms in total. The highest BCUT2D eigenvalue weighted by molar-refractivity contribution is 7.80. The average molecular weight is 173 g/mol. The van der Waals surface area contributed by atoms with Gasteiger partial charge >= 0.3 is 0 Å². The Balaban J connectivity index is 2.09. The van der Waals surface area contributed by atoms with E-state index in [0.717, 1.165) is 38.6 Å². The summed E-state index contributed by atoms with van der Waals surface area (Å²) < 4.78 is 5.23. The van der Waals surface area contributed by atoms with Crippen molar-refractivity contribution in [1.82, 2.24) is 4.90 Å². The minimum Gasteiger partial charge on any atom is -0.379 e. The van der Waals surface area contributed by atoms with Gasteiger partial charge in [-0.1, -0.05) is 12.2 Å². The van der Waals surface area contributed by atoms with Crippen molar-refractivity contribution in [2.45, 2.75) is 0 Å². The van der Waals surface area contributed by atoms with Crippen LogP contribution in [-0.4, -0.2) is 43.5 Å². The van der Waals surface area contributed by atoms with Gasteiger partial charge in [-0.25, -0.2) is 0 Å². The molecule has 1 fully saturated rings. The topological polar surface area (TPSA) is 12.5 Å². The highest BCUT2D eigenvalue weighted by atomic mass is 32.1. The van der Waals surface area contributed by atoms with E-state index in [9.17, 15) is 0 Å². The van der Waals surface area contributed by atoms with Crippen LogP contribution in [0.3, 0.4) is 0 Å². The van der Waals surface area contributed by atoms with E-state index in [-0.39, 0.29) is 0 Å². The lowest BCUT2D eigenvalue weighted by Crippen LogP contribution is -2.36. The average Bonchev–Trinajstić information content (AvgIpc) is 2.07. The number of thiol groups is 1. The molecule has 0 amide bonds. The quantitative estimate of drug-likeness (QED) is 0.501. The molecule has 0 atom stereocenters. The fourth-order valence-electron chi connectivity index (χ4n) is 1.08. The lowest BCUT2D eigenvalue weighted by molar-refractivity contribution is 0.0434. The SMILES string of the molecule is SCC=CCN1CCOCC1. The molecule has 1 saturated heterocycles. The number of rotatable bonds is 3. The molecule has 1 rings (SSSR count). The summed E-state index contributed by atoms with van der Waals surface area (Å²) in [5.74, 6) is 0.838. The van der Waals surface area contributed by atoms with E-state index in [1.807, 2.05) is 0 Å². The molecule has 11 heavy (non-hydrogen) atoms. The Morgan fingerprint density at radius 1 is 1.27 bits per heavy atom. The van der Waals surface area contributed by atoms with Gasteiger partial charge in [-0.2, -0.15) is 12.6 Å². The van der Waals surface area contributed by atoms with Gasteiger partial charge in [0.25, 0.3) is 0 Å². The highest BCUT2D eigenvalue weighted by Crippen LogP contribution is 1.95. The highest BCUT2D eigenvalue weighted by Gasteiger charge is 2.06. The maximum atomic E-state index is 5.23. The number of hydrogen-bond donors (Lipinski definition) is 1. The van der Waals surface area contributed by atoms with Gasteiger partial charge in [-0.15, -0.1) is 0 Å². The molecule has 0 saturated carbocycles. The molecule has 0 aromatic heterocycles. The third-order valence-corrected chi connectivity index (χ3v) is 1.95. The van der Waals surface area contributed by atoms with E-state index in [1.165, 1.54) is 0 Å². The van der Waals surface area contributed by atoms with Crippen molar-refractivity contribution in [1.29, 1.82) is 0 Å². The Bertz CT molecular complexity index is 121. The molecule has 0 bridgehead atoms. The van der Waals surface area contributed by atoms with Crippen molar-refractivity contribution in [3.8, 4) is 0 Å². The number of nitrogens with zero attached hydrogens (tertiary/aromatic N) is 1. The fraction of sp³-hybridized carbons (Fsp3) is 0.750. The van der Waals surface area contributed by atoms with Gasteiger partial charge in [0.15, 0.2) is 0 Å². The minimum atomic E-state index is 0.838. The van der Waals surface area contributed by atoms with Crippen LogP contribution < -0.4 is 0 Å². The molecule has 0 aromatic carbocycles. The first kappa shape index (κ1) is 9.10. The summed E-state index contributed by atoms with van der Waals surface area (Å²) in [5.41, 5.74) is 0. The smallest absolute Gasteiger partial charge is 0.0594 e. The lowest BCUT2D eigenvalue weighted by atomic mass is 10.4. The van der Waals surface area contributed by atoms with Gasteiger partial charge < -0.3 is 4.74 Å². The zero-order valence-corrected chi connectivity index (χ0v) is 7.59. The molecule has 0 spiro atoms. The van der Waals surface area contributed by atoms with Crippen LogP contribution >= 0.6 is 12.6 Å². The summed E-state index contributed by atoms with van der Waals surface area (Å²) in [4.78, 5) is 2.38. The second kappa shape index (κ2) is 5.63. The largest absolute Gasteiger partial charge is 0.379 e. The van der Waals surface area contributed by atoms with Crippen LogP contribution in [0.15, 0.2) is 12.2 Å². The van der Waals surface area contributed by atoms with Crippen molar-refractivity contribution in [2.24, 2.45) is 0 Å². The third-order valence-electron chi connectivity index (χ3n) is 1.74. The minimum absolute atomic E-state index is 0.838. The molecule has 1 aliphatic rings. The Morgan fingerprint density at radius 3 is 2.64 bits per heavy atom. The van der Waals surface area contributed by atoms with E-state index in [0.29, 0.717) is 0 Å². The first-order valence-electron chi connectivity index (χ1n) is 3.99. The van der Waals surface area contributed by atoms with E-state index in [2.05, 4.69) is 29.7 Å². The summed E-state index contributed by atoms with van der Waals surface area (Å²) >= 11 is 4.09. The third kappa shape index (κ3) is 3.79. The lowest BCUT2D eigenvalue weighted by Gasteiger charge is -2.25. The normalized spacial score (nSPS) is 21.2. The Morgan fingerprint density at radius 2 is 2.00 bits per heavy atom. The van der Waals surface area contributed by atoms with Gasteiger partial charge in [0.1, 0.15) is 0 Å². The van der Waals surface area contributed by atoms with Crippen molar-refractivity contribution < 1.29 is 4.74 Å². The van der Waals surface area contributed by atoms with Crippen molar-refractivity contribution in [2.75, 3.05) is 38.6 Å². The number of morpholine rings is 1. The van der Waals surface area contributed by atoms with Crippen LogP contribution in [0.1, 0.15) is 0 Å². The van der Waals surface area contributed by atoms with Crippen LogP contribution in [0.25, 0.3) is 0 Å². The Kier molecular flexibility index (Phi) is 4.66. The van der Waals surface area contributed by atoms with Crippen LogP contribution in [0.4, 0.5) is 0 Å². The maximum Gasteiger partial charge on any atom is 0.0594 e. The zero-order chi connectivity index (χ0) is 7.94. The molecule has 3 heteroatoms. The van der Waals surface area contributed by atoms with Crippen molar-refractivity contribution in [3.63, 3.8) is 0 Å². The van der Waals surface area contributed by atoms with E-state index >= 15 is 0 Å². The predicted octanol–water partition coefficient (Wildman–Crippen LogP) is 0.805. The van der Waals surface area contributed by atoms with Gasteiger partial charge in [0.2, 0.25) is 0 Å². The molecule has 0 unspecified atom stereocenters. The van der Waals surface area contributed by atoms with Crippen molar-refractivity contribution >= 4 is 12.6 Å². The summed E-state index contributed by atoms with van der Waals surface area (Å²) in [5, 5.41) is 0. The first-order valence-corrected chi connectivity index (χ1v) is 4.62. The van der Waals surface area contributed by atoms with Gasteiger partial charge in [-0.3, -0.25) is 4.90 Å². The van der Waals surface area contributed by atoms with Crippen molar-refractivity contribution in [3.05, 3.63) is 12.2 Å². The van der Waals surface area contributed by atoms with Gasteiger partial charge in [0, 0.05) is 25.4 Å². The van der Waals surface area contributed by atoms with E-state index < -0.39 is 0 Å². The van der Waals surface area contributed by atoms with Crippen LogP contribution in [0.2, 0.25) is 0 Å². The molecule has 0 N–H and O–H groups in total. The molecule has 0 radical (unpaired) electrons. The Labute approximate surface area is 73.6 Å². The zero-order valence-electron chi connectivity index (χ0n) is 6.70. The summed E-state index contributed by atoms with van der Waals surface area (Å²) in [6, 6.07) is 0. The van der Waals surface area contributed by atoms with Crippen LogP contribution in [-0.2, 0) is 4.74 Å². The summed E-state index contributed by atoms with van der Waals surface area (Å²) in [6.45, 7) is 4.95. The predicted molar refractivity (Wildman–Crippen MR) is 50.3 cm³/mol. The molecular weight excluding hydrogens is 158 g/mol. The monoisotopic (exact) mass is 173 g/mol. The summed E-state index contributed by atoms with van der Waals surface area (Å²) in [7, 11) is 0. The molecule has 1 aliphatic heterocycles. The number of hydrogen-bond acceptors (Lipinski definition) is 3. The number of ether oxygens (including phenoxy) is 1. The fourth-order valence-corrected chi connectivity index (χ4v) is 1.23. The van der Waals surface area contributed by atoms with Crippen LogP contribution in [0.5, 0.6) is 0 Å². The molecule has 0 aromatic rings. The van der Waals surface area contributed by atoms with Gasteiger partial charge in [-0.05, 0) is 0 Å². The second-order valence-corrected chi connectivity index (χ2v) is 2.93. The summed E-state index contributed by atoms with van der Waals surface area (Å²) in [6.07, 6.45) is 4.25. The molecular formula is C8H15NOS. The molecule has 0 aliphatic carbocycles. The molecule has 1 heterocycles. The standard InChI is InChI=1S/C8H15NOS/c11-8-2-1-3-9-4-6-10-7-5-9/h1-2,11H,3-8H2. The van der Waals surface area contributed by atoms with E-state index in [1.54, 1.807) is 0 Å². The maximum absolute atomic E-state index is 5.23. The first-order chi connectivity index (χ1) is 5.43. The Hall–Kier alpha value is 0.01000. The second-order valence-electron chi connectivity index (χ2n) is 2.57.